The zero-order valence-corrected chi connectivity index (χ0v) is 23.3. The van der Waals surface area contributed by atoms with Crippen molar-refractivity contribution in [3.8, 4) is 17.2 Å². The van der Waals surface area contributed by atoms with Crippen LogP contribution in [-0.2, 0) is 9.59 Å². The van der Waals surface area contributed by atoms with Crippen LogP contribution >= 0.6 is 0 Å². The predicted molar refractivity (Wildman–Crippen MR) is 144 cm³/mol. The molecule has 13 heteroatoms. The van der Waals surface area contributed by atoms with Gasteiger partial charge in [-0.05, 0) is 75.0 Å². The second-order valence-corrected chi connectivity index (χ2v) is 11.3. The van der Waals surface area contributed by atoms with E-state index in [0.29, 0.717) is 32.1 Å². The third-order valence-corrected chi connectivity index (χ3v) is 8.67. The smallest absolute Gasteiger partial charge is 0.496 e. The first-order valence-electron chi connectivity index (χ1n) is 14.2. The Morgan fingerprint density at radius 3 is 2.35 bits per heavy atom. The molecular formula is C30H32F4N2O7. The van der Waals surface area contributed by atoms with Crippen molar-refractivity contribution >= 4 is 23.5 Å². The van der Waals surface area contributed by atoms with Crippen molar-refractivity contribution in [1.82, 2.24) is 5.32 Å². The molecule has 3 saturated carbocycles. The molecule has 43 heavy (non-hydrogen) atoms. The second-order valence-electron chi connectivity index (χ2n) is 11.3. The highest BCUT2D eigenvalue weighted by molar-refractivity contribution is 5.99. The number of amides is 2. The lowest BCUT2D eigenvalue weighted by Crippen LogP contribution is -2.48. The van der Waals surface area contributed by atoms with Crippen LogP contribution in [0.3, 0.4) is 0 Å². The highest BCUT2D eigenvalue weighted by Gasteiger charge is 2.51. The van der Waals surface area contributed by atoms with Gasteiger partial charge < -0.3 is 30.0 Å². The Balaban J connectivity index is 1.30. The van der Waals surface area contributed by atoms with Crippen molar-refractivity contribution in [3.63, 3.8) is 0 Å². The van der Waals surface area contributed by atoms with E-state index in [1.807, 2.05) is 0 Å². The van der Waals surface area contributed by atoms with Gasteiger partial charge >= 0.3 is 12.3 Å². The molecule has 0 spiro atoms. The molecule has 232 valence electrons. The standard InChI is InChI=1S/C30H32F4N2O7/c1-41-23-14-22(31)24(42-19-9-7-15(8-10-19)29(39)40)13-21(23)27(37)36-26-17-6-5-16(11-17)25(26)28(38)35-18-3-2-4-20(12-18)43-30(32,33)34/h2-4,12-17,19,25-26H,5-11H2,1H3,(H,35,38)(H,36,37)(H,39,40). The van der Waals surface area contributed by atoms with Gasteiger partial charge in [0.05, 0.1) is 30.6 Å². The molecule has 4 unspecified atom stereocenters. The summed E-state index contributed by atoms with van der Waals surface area (Å²) in [4.78, 5) is 38.2. The number of carboxylic acids is 1. The SMILES string of the molecule is COc1cc(F)c(OC2CCC(C(=O)O)CC2)cc1C(=O)NC1C2CCC(C2)C1C(=O)Nc1cccc(OC(F)(F)F)c1. The third kappa shape index (κ3) is 6.97. The number of benzene rings is 2. The number of carbonyl (C=O) groups is 3. The largest absolute Gasteiger partial charge is 0.573 e. The fourth-order valence-electron chi connectivity index (χ4n) is 6.68. The first kappa shape index (κ1) is 30.4. The molecule has 3 N–H and O–H groups in total. The van der Waals surface area contributed by atoms with Crippen molar-refractivity contribution < 1.29 is 51.3 Å². The zero-order chi connectivity index (χ0) is 30.9. The van der Waals surface area contributed by atoms with Crippen LogP contribution in [0, 0.1) is 29.5 Å². The van der Waals surface area contributed by atoms with Crippen molar-refractivity contribution in [2.45, 2.75) is 63.5 Å². The summed E-state index contributed by atoms with van der Waals surface area (Å²) < 4.78 is 67.9. The Morgan fingerprint density at radius 2 is 1.67 bits per heavy atom. The molecule has 3 fully saturated rings. The molecule has 2 aromatic carbocycles. The monoisotopic (exact) mass is 608 g/mol. The normalized spacial score (nSPS) is 26.4. The number of halogens is 4. The molecule has 4 atom stereocenters. The number of ether oxygens (including phenoxy) is 3. The molecule has 2 bridgehead atoms. The molecule has 0 saturated heterocycles. The highest BCUT2D eigenvalue weighted by atomic mass is 19.4. The molecule has 2 aromatic rings. The van der Waals surface area contributed by atoms with Gasteiger partial charge in [-0.1, -0.05) is 6.07 Å². The lowest BCUT2D eigenvalue weighted by Gasteiger charge is -2.31. The number of hydrogen-bond acceptors (Lipinski definition) is 6. The van der Waals surface area contributed by atoms with Crippen LogP contribution in [0.5, 0.6) is 17.2 Å². The van der Waals surface area contributed by atoms with Gasteiger partial charge in [-0.2, -0.15) is 0 Å². The Bertz CT molecular complexity index is 1380. The van der Waals surface area contributed by atoms with E-state index in [1.54, 1.807) is 0 Å². The third-order valence-electron chi connectivity index (χ3n) is 8.67. The average Bonchev–Trinajstić information content (AvgIpc) is 3.55. The highest BCUT2D eigenvalue weighted by Crippen LogP contribution is 2.49. The van der Waals surface area contributed by atoms with E-state index in [-0.39, 0.29) is 34.6 Å². The van der Waals surface area contributed by atoms with Crippen LogP contribution in [0.25, 0.3) is 0 Å². The Kier molecular flexibility index (Phi) is 8.70. The van der Waals surface area contributed by atoms with Gasteiger partial charge in [0, 0.05) is 23.9 Å². The molecule has 0 radical (unpaired) electrons. The number of alkyl halides is 3. The van der Waals surface area contributed by atoms with Crippen molar-refractivity contribution in [2.24, 2.45) is 23.7 Å². The minimum atomic E-state index is -4.88. The maximum Gasteiger partial charge on any atom is 0.573 e. The van der Waals surface area contributed by atoms with Gasteiger partial charge in [-0.25, -0.2) is 4.39 Å². The maximum atomic E-state index is 14.9. The molecular weight excluding hydrogens is 576 g/mol. The average molecular weight is 609 g/mol. The predicted octanol–water partition coefficient (Wildman–Crippen LogP) is 5.54. The topological polar surface area (TPSA) is 123 Å². The summed E-state index contributed by atoms with van der Waals surface area (Å²) in [6.07, 6.45) is -1.36. The van der Waals surface area contributed by atoms with E-state index >= 15 is 0 Å². The van der Waals surface area contributed by atoms with E-state index in [0.717, 1.165) is 31.0 Å². The van der Waals surface area contributed by atoms with Crippen LogP contribution in [0.4, 0.5) is 23.2 Å². The second kappa shape index (κ2) is 12.3. The summed E-state index contributed by atoms with van der Waals surface area (Å²) in [7, 11) is 1.30. The van der Waals surface area contributed by atoms with E-state index in [4.69, 9.17) is 9.47 Å². The van der Waals surface area contributed by atoms with Gasteiger partial charge in [-0.3, -0.25) is 14.4 Å². The van der Waals surface area contributed by atoms with Crippen molar-refractivity contribution in [3.05, 3.63) is 47.8 Å². The number of aliphatic carboxylic acids is 1. The van der Waals surface area contributed by atoms with Crippen LogP contribution < -0.4 is 24.8 Å². The fraction of sp³-hybridized carbons (Fsp3) is 0.500. The Labute approximate surface area is 244 Å². The minimum Gasteiger partial charge on any atom is -0.496 e. The van der Waals surface area contributed by atoms with E-state index in [9.17, 15) is 37.1 Å². The number of methoxy groups -OCH3 is 1. The van der Waals surface area contributed by atoms with Gasteiger partial charge in [0.15, 0.2) is 11.6 Å². The summed E-state index contributed by atoms with van der Waals surface area (Å²) in [6.45, 7) is 0. The van der Waals surface area contributed by atoms with E-state index in [2.05, 4.69) is 15.4 Å². The number of rotatable bonds is 9. The number of fused-ring (bicyclic) bond motifs is 2. The van der Waals surface area contributed by atoms with E-state index < -0.39 is 59.7 Å². The van der Waals surface area contributed by atoms with E-state index in [1.165, 1.54) is 25.3 Å². The summed E-state index contributed by atoms with van der Waals surface area (Å²) in [5, 5.41) is 14.8. The fourth-order valence-corrected chi connectivity index (χ4v) is 6.68. The molecule has 9 nitrogen and oxygen atoms in total. The van der Waals surface area contributed by atoms with Crippen molar-refractivity contribution in [2.75, 3.05) is 12.4 Å². The molecule has 0 aliphatic heterocycles. The van der Waals surface area contributed by atoms with Crippen LogP contribution in [0.2, 0.25) is 0 Å². The van der Waals surface area contributed by atoms with Gasteiger partial charge in [0.1, 0.15) is 11.5 Å². The summed E-state index contributed by atoms with van der Waals surface area (Å²) in [6, 6.07) is 6.71. The molecule has 0 aromatic heterocycles. The number of carbonyl (C=O) groups excluding carboxylic acids is 2. The number of hydrogen-bond donors (Lipinski definition) is 3. The number of anilines is 1. The lowest BCUT2D eigenvalue weighted by atomic mass is 9.83. The summed E-state index contributed by atoms with van der Waals surface area (Å²) >= 11 is 0. The van der Waals surface area contributed by atoms with Crippen LogP contribution in [0.1, 0.15) is 55.3 Å². The van der Waals surface area contributed by atoms with Gasteiger partial charge in [0.2, 0.25) is 5.91 Å². The molecule has 3 aliphatic carbocycles. The first-order chi connectivity index (χ1) is 20.4. The van der Waals surface area contributed by atoms with Crippen LogP contribution in [-0.4, -0.2) is 48.5 Å². The van der Waals surface area contributed by atoms with Crippen LogP contribution in [0.15, 0.2) is 36.4 Å². The number of nitrogens with one attached hydrogen (secondary N) is 2. The number of carboxylic acid groups (broad SMARTS) is 1. The molecule has 5 rings (SSSR count). The summed E-state index contributed by atoms with van der Waals surface area (Å²) in [5.74, 6) is -4.41. The molecule has 0 heterocycles. The lowest BCUT2D eigenvalue weighted by molar-refractivity contribution is -0.274. The first-order valence-corrected chi connectivity index (χ1v) is 14.2. The quantitative estimate of drug-likeness (QED) is 0.320. The zero-order valence-electron chi connectivity index (χ0n) is 23.3. The molecule has 2 amide bonds. The maximum absolute atomic E-state index is 14.9. The summed E-state index contributed by atoms with van der Waals surface area (Å²) in [5.41, 5.74) is 0.135. The van der Waals surface area contributed by atoms with Crippen molar-refractivity contribution in [1.29, 1.82) is 0 Å². The van der Waals surface area contributed by atoms with Gasteiger partial charge in [-0.15, -0.1) is 13.2 Å². The van der Waals surface area contributed by atoms with Gasteiger partial charge in [0.25, 0.3) is 5.91 Å². The Morgan fingerprint density at radius 1 is 0.953 bits per heavy atom. The minimum absolute atomic E-state index is 0.0104. The Hall–Kier alpha value is -4.03. The molecule has 3 aliphatic rings.